The molecule has 0 aliphatic heterocycles. The lowest BCUT2D eigenvalue weighted by Crippen LogP contribution is -2.02. The van der Waals surface area contributed by atoms with Crippen molar-refractivity contribution in [3.8, 4) is 115 Å². The topological polar surface area (TPSA) is 133 Å². The Morgan fingerprint density at radius 2 is 0.292 bits per heavy atom. The van der Waals surface area contributed by atoms with E-state index in [9.17, 15) is 0 Å². The zero-order valence-corrected chi connectivity index (χ0v) is 38.2. The van der Waals surface area contributed by atoms with Crippen LogP contribution in [0.4, 0.5) is 0 Å². The molecule has 0 N–H and O–H groups in total. The van der Waals surface area contributed by atoms with E-state index in [1.807, 2.05) is 218 Å². The molecule has 0 aliphatic carbocycles. The molecule has 0 saturated heterocycles. The largest absolute Gasteiger partial charge is 0.424 e. The van der Waals surface area contributed by atoms with E-state index in [4.69, 9.17) is 28.4 Å². The summed E-state index contributed by atoms with van der Waals surface area (Å²) in [5.41, 5.74) is 8.46. The van der Waals surface area contributed by atoms with E-state index in [-0.39, 0.29) is 36.1 Å². The summed E-state index contributed by atoms with van der Waals surface area (Å²) in [6.07, 6.45) is 0. The van der Waals surface area contributed by atoms with Gasteiger partial charge in [-0.1, -0.05) is 170 Å². The Balaban J connectivity index is 0.832. The molecule has 2 heterocycles. The molecule has 0 aliphatic rings. The van der Waals surface area contributed by atoms with Gasteiger partial charge in [0.15, 0.2) is 0 Å². The summed E-state index contributed by atoms with van der Waals surface area (Å²) in [5, 5.41) is 0. The molecule has 11 rings (SSSR count). The summed E-state index contributed by atoms with van der Waals surface area (Å²) in [7, 11) is 0. The molecule has 0 amide bonds. The van der Waals surface area contributed by atoms with Crippen LogP contribution in [0.25, 0.3) is 44.5 Å². The average molecular weight is 941 g/mol. The predicted octanol–water partition coefficient (Wildman–Crippen LogP) is 15.5. The van der Waals surface area contributed by atoms with Gasteiger partial charge in [-0.2, -0.15) is 0 Å². The number of benzene rings is 9. The van der Waals surface area contributed by atoms with Gasteiger partial charge in [-0.15, -0.1) is 29.9 Å². The molecular formula is C60H40N6O6. The smallest absolute Gasteiger partial charge is 0.331 e. The van der Waals surface area contributed by atoms with Crippen molar-refractivity contribution in [1.29, 1.82) is 0 Å². The van der Waals surface area contributed by atoms with Crippen molar-refractivity contribution in [3.63, 3.8) is 0 Å². The Morgan fingerprint density at radius 1 is 0.153 bits per heavy atom. The second kappa shape index (κ2) is 21.0. The lowest BCUT2D eigenvalue weighted by Gasteiger charge is -2.11. The van der Waals surface area contributed by atoms with Crippen LogP contribution < -0.4 is 28.4 Å². The molecule has 2 aromatic heterocycles. The van der Waals surface area contributed by atoms with E-state index in [0.717, 1.165) is 44.5 Å². The highest BCUT2D eigenvalue weighted by Crippen LogP contribution is 2.33. The Morgan fingerprint density at radius 3 is 0.458 bits per heavy atom. The minimum absolute atomic E-state index is 0.0338. The Hall–Kier alpha value is -10.2. The van der Waals surface area contributed by atoms with Gasteiger partial charge in [-0.3, -0.25) is 0 Å². The molecule has 0 unspecified atom stereocenters. The van der Waals surface area contributed by atoms with Gasteiger partial charge in [0.2, 0.25) is 0 Å². The Bertz CT molecular complexity index is 3080. The van der Waals surface area contributed by atoms with E-state index in [1.165, 1.54) is 0 Å². The molecule has 0 spiro atoms. The van der Waals surface area contributed by atoms with Crippen molar-refractivity contribution in [3.05, 3.63) is 243 Å². The van der Waals surface area contributed by atoms with E-state index in [0.29, 0.717) is 34.5 Å². The number of rotatable bonds is 16. The highest BCUT2D eigenvalue weighted by atomic mass is 16.5. The van der Waals surface area contributed by atoms with E-state index < -0.39 is 0 Å². The normalized spacial score (nSPS) is 10.8. The maximum Gasteiger partial charge on any atom is 0.331 e. The molecule has 9 aromatic carbocycles. The van der Waals surface area contributed by atoms with Crippen molar-refractivity contribution >= 4 is 0 Å². The zero-order chi connectivity index (χ0) is 48.3. The molecule has 11 aromatic rings. The molecule has 0 fully saturated rings. The molecule has 346 valence electrons. The third kappa shape index (κ3) is 11.2. The maximum atomic E-state index is 6.18. The quantitative estimate of drug-likeness (QED) is 0.0913. The van der Waals surface area contributed by atoms with Crippen molar-refractivity contribution in [2.75, 3.05) is 0 Å². The fourth-order valence-corrected chi connectivity index (χ4v) is 7.51. The first-order valence-corrected chi connectivity index (χ1v) is 22.9. The predicted molar refractivity (Wildman–Crippen MR) is 274 cm³/mol. The van der Waals surface area contributed by atoms with Gasteiger partial charge in [0.05, 0.1) is 0 Å². The third-order valence-electron chi connectivity index (χ3n) is 11.1. The fourth-order valence-electron chi connectivity index (χ4n) is 7.51. The van der Waals surface area contributed by atoms with Gasteiger partial charge >= 0.3 is 36.1 Å². The van der Waals surface area contributed by atoms with Gasteiger partial charge in [0.1, 0.15) is 34.5 Å². The van der Waals surface area contributed by atoms with Gasteiger partial charge in [-0.25, -0.2) is 0 Å². The Kier molecular flexibility index (Phi) is 12.9. The third-order valence-corrected chi connectivity index (χ3v) is 11.1. The molecule has 0 radical (unpaired) electrons. The van der Waals surface area contributed by atoms with E-state index >= 15 is 0 Å². The van der Waals surface area contributed by atoms with Crippen molar-refractivity contribution in [2.24, 2.45) is 0 Å². The van der Waals surface area contributed by atoms with Crippen LogP contribution in [0, 0.1) is 0 Å². The average Bonchev–Trinajstić information content (AvgIpc) is 3.43. The van der Waals surface area contributed by atoms with E-state index in [1.54, 1.807) is 24.3 Å². The highest BCUT2D eigenvalue weighted by molar-refractivity contribution is 5.67. The molecule has 0 saturated carbocycles. The van der Waals surface area contributed by atoms with Gasteiger partial charge in [-0.05, 0) is 117 Å². The molecule has 72 heavy (non-hydrogen) atoms. The summed E-state index contributed by atoms with van der Waals surface area (Å²) < 4.78 is 37.0. The summed E-state index contributed by atoms with van der Waals surface area (Å²) in [4.78, 5) is 26.9. The molecular weight excluding hydrogens is 901 g/mol. The Labute approximate surface area is 414 Å². The van der Waals surface area contributed by atoms with Crippen molar-refractivity contribution in [2.45, 2.75) is 0 Å². The minimum atomic E-state index is -0.0693. The number of ether oxygens (including phenoxy) is 6. The summed E-state index contributed by atoms with van der Waals surface area (Å²) >= 11 is 0. The maximum absolute atomic E-state index is 6.18. The fraction of sp³-hybridized carbons (Fsp3) is 0. The molecule has 12 nitrogen and oxygen atoms in total. The zero-order valence-electron chi connectivity index (χ0n) is 38.2. The van der Waals surface area contributed by atoms with Gasteiger partial charge < -0.3 is 28.4 Å². The van der Waals surface area contributed by atoms with Crippen LogP contribution in [0.3, 0.4) is 0 Å². The molecule has 12 heteroatoms. The SMILES string of the molecule is c1ccc(-c2ccc(Oc3nc(Oc4ccc(Oc5nc(Oc6ccc(-c7ccccc7)cc6)nc(Oc6ccc(-c7ccccc7)cc6)n5)cc4)nc(Oc4ccc(-c5ccccc5)cc4)n3)cc2)cc1. The van der Waals surface area contributed by atoms with Gasteiger partial charge in [0.25, 0.3) is 0 Å². The first-order chi connectivity index (χ1) is 35.6. The number of hydrogen-bond donors (Lipinski definition) is 0. The van der Waals surface area contributed by atoms with Crippen LogP contribution in [-0.2, 0) is 0 Å². The monoisotopic (exact) mass is 940 g/mol. The van der Waals surface area contributed by atoms with Crippen molar-refractivity contribution < 1.29 is 28.4 Å². The van der Waals surface area contributed by atoms with Crippen LogP contribution in [0.1, 0.15) is 0 Å². The molecule has 0 atom stereocenters. The van der Waals surface area contributed by atoms with Crippen LogP contribution in [0.5, 0.6) is 70.6 Å². The standard InChI is InChI=1S/C60H40N6O6/c1-5-13-41(14-6-1)45-21-29-49(30-22-45)67-55-61-56(68-50-31-23-46(24-32-50)42-15-7-2-8-16-42)64-59(63-55)71-53-37-39-54(40-38-53)72-60-65-57(69-51-33-25-47(26-34-51)43-17-9-3-10-18-43)62-58(66-60)70-52-35-27-48(28-36-52)44-19-11-4-12-20-44/h1-40H. The van der Waals surface area contributed by atoms with Gasteiger partial charge in [0, 0.05) is 0 Å². The first-order valence-electron chi connectivity index (χ1n) is 22.9. The van der Waals surface area contributed by atoms with E-state index in [2.05, 4.69) is 29.9 Å². The van der Waals surface area contributed by atoms with Crippen LogP contribution in [0.15, 0.2) is 243 Å². The summed E-state index contributed by atoms with van der Waals surface area (Å²) in [6.45, 7) is 0. The number of hydrogen-bond acceptors (Lipinski definition) is 12. The van der Waals surface area contributed by atoms with Crippen LogP contribution in [0.2, 0.25) is 0 Å². The minimum Gasteiger partial charge on any atom is -0.424 e. The van der Waals surface area contributed by atoms with Crippen LogP contribution in [-0.4, -0.2) is 29.9 Å². The van der Waals surface area contributed by atoms with Crippen molar-refractivity contribution in [1.82, 2.24) is 29.9 Å². The lowest BCUT2D eigenvalue weighted by molar-refractivity contribution is 0.358. The molecule has 0 bridgehead atoms. The second-order valence-electron chi connectivity index (χ2n) is 16.0. The highest BCUT2D eigenvalue weighted by Gasteiger charge is 2.17. The second-order valence-corrected chi connectivity index (χ2v) is 16.0. The summed E-state index contributed by atoms with van der Waals surface area (Å²) in [6, 6.07) is 77.2. The van der Waals surface area contributed by atoms with Crippen LogP contribution >= 0.6 is 0 Å². The number of nitrogens with zero attached hydrogens (tertiary/aromatic N) is 6. The summed E-state index contributed by atoms with van der Waals surface area (Å²) in [5.74, 6) is 2.79. The first kappa shape index (κ1) is 44.3. The lowest BCUT2D eigenvalue weighted by atomic mass is 10.1. The number of aromatic nitrogens is 6.